The Kier molecular flexibility index (Phi) is 18.9. The lowest BCUT2D eigenvalue weighted by molar-refractivity contribution is -0.146. The number of thioether (sulfide) groups is 1. The van der Waals surface area contributed by atoms with Crippen LogP contribution in [-0.2, 0) is 23.9 Å². The number of primary amides is 1. The Labute approximate surface area is 295 Å². The Balaban J connectivity index is 3.32. The molecule has 0 radical (unpaired) electrons. The molecule has 280 valence electrons. The number of carbonyl (C=O) groups excluding carboxylic acids is 6. The van der Waals surface area contributed by atoms with Crippen molar-refractivity contribution in [3.63, 3.8) is 0 Å². The summed E-state index contributed by atoms with van der Waals surface area (Å²) in [4.78, 5) is 83.8. The summed E-state index contributed by atoms with van der Waals surface area (Å²) < 4.78 is 5.53. The van der Waals surface area contributed by atoms with Crippen LogP contribution in [0.5, 0.6) is 0 Å². The van der Waals surface area contributed by atoms with E-state index in [1.807, 2.05) is 26.0 Å². The topological polar surface area (TPSA) is 195 Å². The van der Waals surface area contributed by atoms with Gasteiger partial charge < -0.3 is 35.6 Å². The van der Waals surface area contributed by atoms with Gasteiger partial charge >= 0.3 is 12.1 Å². The fourth-order valence-electron chi connectivity index (χ4n) is 5.16. The summed E-state index contributed by atoms with van der Waals surface area (Å²) in [7, 11) is 5.44. The molecule has 1 saturated heterocycles. The van der Waals surface area contributed by atoms with Crippen molar-refractivity contribution in [3.05, 3.63) is 12.2 Å². The normalized spacial score (nSPS) is 16.7. The van der Waals surface area contributed by atoms with Gasteiger partial charge in [0.05, 0.1) is 18.1 Å². The lowest BCUT2D eigenvalue weighted by Gasteiger charge is -2.37. The molecule has 0 saturated carbocycles. The van der Waals surface area contributed by atoms with Crippen LogP contribution in [-0.4, -0.2) is 143 Å². The maximum atomic E-state index is 14.3. The van der Waals surface area contributed by atoms with Crippen molar-refractivity contribution in [2.75, 3.05) is 53.6 Å². The molecule has 5 atom stereocenters. The summed E-state index contributed by atoms with van der Waals surface area (Å²) in [6.07, 6.45) is 5.68. The number of carbonyl (C=O) groups is 6. The molecule has 1 heterocycles. The van der Waals surface area contributed by atoms with E-state index in [9.17, 15) is 33.9 Å². The molecule has 8 amide bonds. The molecule has 0 aromatic carbocycles. The molecule has 0 aromatic rings. The van der Waals surface area contributed by atoms with E-state index in [1.54, 1.807) is 20.8 Å². The number of nitrogens with two attached hydrogens (primary N) is 1. The number of methoxy groups -OCH3 is 1. The van der Waals surface area contributed by atoms with Crippen molar-refractivity contribution in [2.45, 2.75) is 102 Å². The number of hydrogen-bond donors (Lipinski definition) is 4. The van der Waals surface area contributed by atoms with Gasteiger partial charge in [0.25, 0.3) is 11.8 Å². The summed E-state index contributed by atoms with van der Waals surface area (Å²) in [5.41, 5.74) is 4.26. The van der Waals surface area contributed by atoms with Crippen molar-refractivity contribution < 1.29 is 38.6 Å². The molecular formula is C33H59N7O8S. The number of aliphatic hydroxyl groups is 1. The van der Waals surface area contributed by atoms with E-state index in [2.05, 4.69) is 15.5 Å². The first kappa shape index (κ1) is 43.8. The van der Waals surface area contributed by atoms with Crippen LogP contribution in [0.2, 0.25) is 0 Å². The quantitative estimate of drug-likeness (QED) is 0.113. The highest BCUT2D eigenvalue weighted by Gasteiger charge is 2.40. The third kappa shape index (κ3) is 14.3. The molecule has 1 aliphatic heterocycles. The number of urea groups is 2. The monoisotopic (exact) mass is 713 g/mol. The fraction of sp³-hybridized carbons (Fsp3) is 0.758. The average Bonchev–Trinajstić information content (AvgIpc) is 3.58. The lowest BCUT2D eigenvalue weighted by Crippen LogP contribution is -2.59. The second-order valence-corrected chi connectivity index (χ2v) is 14.3. The van der Waals surface area contributed by atoms with Gasteiger partial charge in [-0.05, 0) is 65.5 Å². The van der Waals surface area contributed by atoms with Crippen LogP contribution in [0.15, 0.2) is 12.2 Å². The van der Waals surface area contributed by atoms with Crippen LogP contribution in [0.4, 0.5) is 9.59 Å². The molecule has 15 nitrogen and oxygen atoms in total. The number of imide groups is 2. The third-order valence-corrected chi connectivity index (χ3v) is 10.1. The van der Waals surface area contributed by atoms with E-state index >= 15 is 0 Å². The van der Waals surface area contributed by atoms with Gasteiger partial charge in [-0.2, -0.15) is 0 Å². The number of aliphatic hydroxyl groups excluding tert-OH is 1. The number of likely N-dealkylation sites (tertiary alicyclic amines) is 1. The van der Waals surface area contributed by atoms with Crippen LogP contribution >= 0.6 is 11.8 Å². The van der Waals surface area contributed by atoms with E-state index in [0.717, 1.165) is 33.0 Å². The van der Waals surface area contributed by atoms with Crippen molar-refractivity contribution in [1.82, 2.24) is 30.2 Å². The van der Waals surface area contributed by atoms with Gasteiger partial charge in [0.15, 0.2) is 5.37 Å². The Bertz CT molecular complexity index is 1160. The Morgan fingerprint density at radius 1 is 1.06 bits per heavy atom. The number of amides is 8. The lowest BCUT2D eigenvalue weighted by atomic mass is 9.97. The summed E-state index contributed by atoms with van der Waals surface area (Å²) in [5, 5.41) is 14.3. The summed E-state index contributed by atoms with van der Waals surface area (Å²) >= 11 is 1.24. The van der Waals surface area contributed by atoms with Gasteiger partial charge in [-0.1, -0.05) is 26.0 Å². The highest BCUT2D eigenvalue weighted by Crippen LogP contribution is 2.25. The van der Waals surface area contributed by atoms with Gasteiger partial charge in [0.1, 0.15) is 12.1 Å². The van der Waals surface area contributed by atoms with Crippen LogP contribution in [0.25, 0.3) is 0 Å². The maximum absolute atomic E-state index is 14.3. The number of allylic oxidation sites excluding steroid dienone is 2. The number of likely N-dealkylation sites (N-methyl/N-ethyl adjacent to an activating group) is 2. The molecular weight excluding hydrogens is 654 g/mol. The number of ether oxygens (including phenoxy) is 1. The first-order valence-electron chi connectivity index (χ1n) is 16.8. The number of hydrogen-bond acceptors (Lipinski definition) is 10. The molecule has 0 aliphatic carbocycles. The van der Waals surface area contributed by atoms with Gasteiger partial charge in [0.2, 0.25) is 11.8 Å². The van der Waals surface area contributed by atoms with E-state index in [-0.39, 0.29) is 25.2 Å². The fourth-order valence-corrected chi connectivity index (χ4v) is 6.38. The van der Waals surface area contributed by atoms with Crippen molar-refractivity contribution in [3.8, 4) is 0 Å². The zero-order valence-electron chi connectivity index (χ0n) is 30.7. The third-order valence-electron chi connectivity index (χ3n) is 8.85. The molecule has 16 heteroatoms. The smallest absolute Gasteiger partial charge is 0.331 e. The molecule has 0 spiro atoms. The summed E-state index contributed by atoms with van der Waals surface area (Å²) in [6, 6.07) is -4.35. The molecule has 1 rings (SSSR count). The molecule has 0 aromatic heterocycles. The Hall–Kier alpha value is -3.21. The second kappa shape index (κ2) is 21.1. The second-order valence-electron chi connectivity index (χ2n) is 13.1. The van der Waals surface area contributed by atoms with E-state index < -0.39 is 64.9 Å². The van der Waals surface area contributed by atoms with E-state index in [0.29, 0.717) is 23.6 Å². The minimum atomic E-state index is -1.24. The maximum Gasteiger partial charge on any atom is 0.331 e. The van der Waals surface area contributed by atoms with Crippen LogP contribution < -0.4 is 16.4 Å². The van der Waals surface area contributed by atoms with E-state index in [1.165, 1.54) is 42.8 Å². The number of nitrogens with zero attached hydrogens (tertiary/aromatic N) is 4. The van der Waals surface area contributed by atoms with Crippen LogP contribution in [0.1, 0.15) is 73.1 Å². The number of rotatable bonds is 19. The Morgan fingerprint density at radius 2 is 1.67 bits per heavy atom. The molecule has 1 aliphatic rings. The molecule has 5 N–H and O–H groups in total. The SMILES string of the molecule is C/C=C/C[C@@H](C)[C@@H](O)CC(=O)N[C@@H](CC)C(=O)N(C)[C@H](SCCN1CCCC1)C(=O)N(C)[C@@H](CC(C)(C)OC)C(=O)NC(=O)N(C)C(N)=O. The standard InChI is InChI=1S/C33H59N7O8S/c1-10-12-15-22(3)25(41)20-26(42)35-23(11-2)28(44)38(7)30(49-19-18-40-16-13-14-17-40)29(45)37(6)24(21-33(4,5)48-9)27(43)36-32(47)39(8)31(34)46/h10,12,22-25,30,41H,11,13-21H2,1-9H3,(H2,34,46)(H,35,42)(H,36,43,47)/b12-10+/t22-,23+,24+,25+,30-/m1/s1. The minimum absolute atomic E-state index is 0.0313. The molecule has 49 heavy (non-hydrogen) atoms. The Morgan fingerprint density at radius 3 is 2.20 bits per heavy atom. The van der Waals surface area contributed by atoms with Gasteiger partial charge in [0, 0.05) is 47.0 Å². The predicted molar refractivity (Wildman–Crippen MR) is 189 cm³/mol. The molecule has 1 fully saturated rings. The summed E-state index contributed by atoms with van der Waals surface area (Å²) in [5.74, 6) is -2.11. The average molecular weight is 714 g/mol. The predicted octanol–water partition coefficient (Wildman–Crippen LogP) is 1.74. The zero-order valence-corrected chi connectivity index (χ0v) is 31.5. The highest BCUT2D eigenvalue weighted by molar-refractivity contribution is 8.00. The largest absolute Gasteiger partial charge is 0.392 e. The van der Waals surface area contributed by atoms with Crippen molar-refractivity contribution >= 4 is 47.5 Å². The van der Waals surface area contributed by atoms with Gasteiger partial charge in [-0.15, -0.1) is 11.8 Å². The molecule has 0 unspecified atom stereocenters. The van der Waals surface area contributed by atoms with Crippen LogP contribution in [0.3, 0.4) is 0 Å². The zero-order chi connectivity index (χ0) is 37.5. The van der Waals surface area contributed by atoms with E-state index in [4.69, 9.17) is 10.5 Å². The van der Waals surface area contributed by atoms with Gasteiger partial charge in [-0.25, -0.2) is 14.5 Å². The van der Waals surface area contributed by atoms with Crippen molar-refractivity contribution in [1.29, 1.82) is 0 Å². The first-order valence-corrected chi connectivity index (χ1v) is 17.8. The number of nitrogens with one attached hydrogen (secondary N) is 2. The minimum Gasteiger partial charge on any atom is -0.392 e. The van der Waals surface area contributed by atoms with Crippen LogP contribution in [0, 0.1) is 5.92 Å². The van der Waals surface area contributed by atoms with Gasteiger partial charge in [-0.3, -0.25) is 24.5 Å². The van der Waals surface area contributed by atoms with Crippen molar-refractivity contribution in [2.24, 2.45) is 11.7 Å². The molecule has 0 bridgehead atoms. The first-order chi connectivity index (χ1) is 22.9. The summed E-state index contributed by atoms with van der Waals surface area (Å²) in [6.45, 7) is 11.5. The highest BCUT2D eigenvalue weighted by atomic mass is 32.2.